The molecule has 0 unspecified atom stereocenters. The first-order valence-electron chi connectivity index (χ1n) is 10.2. The van der Waals surface area contributed by atoms with Gasteiger partial charge in [-0.1, -0.05) is 6.07 Å². The van der Waals surface area contributed by atoms with Crippen LogP contribution in [0.3, 0.4) is 0 Å². The van der Waals surface area contributed by atoms with Crippen molar-refractivity contribution in [3.63, 3.8) is 0 Å². The zero-order valence-electron chi connectivity index (χ0n) is 17.7. The minimum Gasteiger partial charge on any atom is -0.497 e. The highest BCUT2D eigenvalue weighted by atomic mass is 16.5. The van der Waals surface area contributed by atoms with Gasteiger partial charge in [-0.05, 0) is 42.5 Å². The van der Waals surface area contributed by atoms with Crippen molar-refractivity contribution in [1.82, 2.24) is 4.98 Å². The molecule has 2 N–H and O–H groups in total. The van der Waals surface area contributed by atoms with Gasteiger partial charge in [0, 0.05) is 44.0 Å². The van der Waals surface area contributed by atoms with Crippen LogP contribution in [0.1, 0.15) is 15.9 Å². The highest BCUT2D eigenvalue weighted by Gasteiger charge is 2.21. The van der Waals surface area contributed by atoms with Crippen molar-refractivity contribution < 1.29 is 14.3 Å². The molecule has 0 radical (unpaired) electrons. The number of nitrogen functional groups attached to an aromatic ring is 1. The predicted molar refractivity (Wildman–Crippen MR) is 122 cm³/mol. The fraction of sp³-hybridized carbons (Fsp3) is 0.250. The molecule has 2 heterocycles. The van der Waals surface area contributed by atoms with Gasteiger partial charge in [-0.2, -0.15) is 0 Å². The van der Waals surface area contributed by atoms with Crippen LogP contribution < -0.4 is 25.0 Å². The van der Waals surface area contributed by atoms with Gasteiger partial charge < -0.3 is 25.0 Å². The van der Waals surface area contributed by atoms with Crippen LogP contribution in [0.15, 0.2) is 60.8 Å². The van der Waals surface area contributed by atoms with E-state index < -0.39 is 0 Å². The summed E-state index contributed by atoms with van der Waals surface area (Å²) in [5.41, 5.74) is 8.89. The normalized spacial score (nSPS) is 13.7. The van der Waals surface area contributed by atoms with Crippen LogP contribution >= 0.6 is 0 Å². The van der Waals surface area contributed by atoms with Gasteiger partial charge in [0.25, 0.3) is 0 Å². The zero-order chi connectivity index (χ0) is 21.8. The first-order valence-corrected chi connectivity index (χ1v) is 10.2. The second-order valence-corrected chi connectivity index (χ2v) is 7.33. The molecule has 7 heteroatoms. The van der Waals surface area contributed by atoms with Gasteiger partial charge in [-0.3, -0.25) is 4.79 Å². The molecule has 4 rings (SSSR count). The number of ether oxygens (including phenoxy) is 2. The SMILES string of the molecule is COc1ccc(C(=O)c2ccc(N3CCN(c4ccccn4)CC3)c(N)c2)c(OC)c1. The van der Waals surface area contributed by atoms with Crippen molar-refractivity contribution in [2.24, 2.45) is 0 Å². The maximum atomic E-state index is 13.1. The molecule has 1 aliphatic rings. The Morgan fingerprint density at radius 2 is 1.71 bits per heavy atom. The van der Waals surface area contributed by atoms with Crippen molar-refractivity contribution in [3.8, 4) is 11.5 Å². The number of carbonyl (C=O) groups is 1. The number of ketones is 1. The van der Waals surface area contributed by atoms with Crippen molar-refractivity contribution in [2.75, 3.05) is 55.9 Å². The molecule has 0 atom stereocenters. The molecule has 1 saturated heterocycles. The standard InChI is InChI=1S/C24H26N4O3/c1-30-18-7-8-19(22(16-18)31-2)24(29)17-6-9-21(20(25)15-17)27-11-13-28(14-12-27)23-5-3-4-10-26-23/h3-10,15-16H,11-14,25H2,1-2H3. The minimum absolute atomic E-state index is 0.141. The molecule has 0 saturated carbocycles. The summed E-state index contributed by atoms with van der Waals surface area (Å²) in [4.78, 5) is 22.0. The van der Waals surface area contributed by atoms with E-state index in [1.807, 2.05) is 36.5 Å². The summed E-state index contributed by atoms with van der Waals surface area (Å²) in [6.07, 6.45) is 1.81. The number of methoxy groups -OCH3 is 2. The Bertz CT molecular complexity index is 1060. The van der Waals surface area contributed by atoms with E-state index >= 15 is 0 Å². The Hall–Kier alpha value is -3.74. The lowest BCUT2D eigenvalue weighted by Crippen LogP contribution is -2.47. The highest BCUT2D eigenvalue weighted by molar-refractivity contribution is 6.11. The van der Waals surface area contributed by atoms with E-state index in [1.54, 1.807) is 31.4 Å². The number of rotatable bonds is 6. The lowest BCUT2D eigenvalue weighted by Gasteiger charge is -2.37. The average molecular weight is 418 g/mol. The van der Waals surface area contributed by atoms with Gasteiger partial charge >= 0.3 is 0 Å². The smallest absolute Gasteiger partial charge is 0.196 e. The van der Waals surface area contributed by atoms with Crippen LogP contribution in [0.2, 0.25) is 0 Å². The Morgan fingerprint density at radius 1 is 0.935 bits per heavy atom. The highest BCUT2D eigenvalue weighted by Crippen LogP contribution is 2.30. The molecule has 0 amide bonds. The van der Waals surface area contributed by atoms with Crippen LogP contribution in [0.5, 0.6) is 11.5 Å². The molecule has 0 bridgehead atoms. The molecule has 2 aromatic carbocycles. The molecule has 31 heavy (non-hydrogen) atoms. The number of hydrogen-bond acceptors (Lipinski definition) is 7. The summed E-state index contributed by atoms with van der Waals surface area (Å²) in [5.74, 6) is 1.95. The maximum Gasteiger partial charge on any atom is 0.196 e. The molecular weight excluding hydrogens is 392 g/mol. The summed E-state index contributed by atoms with van der Waals surface area (Å²) in [6, 6.07) is 16.6. The molecule has 1 fully saturated rings. The molecule has 0 spiro atoms. The fourth-order valence-electron chi connectivity index (χ4n) is 3.84. The number of piperazine rings is 1. The average Bonchev–Trinajstić information content (AvgIpc) is 2.83. The summed E-state index contributed by atoms with van der Waals surface area (Å²) in [5, 5.41) is 0. The van der Waals surface area contributed by atoms with Crippen LogP contribution in [-0.2, 0) is 0 Å². The first-order chi connectivity index (χ1) is 15.1. The van der Waals surface area contributed by atoms with Crippen LogP contribution in [0.4, 0.5) is 17.2 Å². The van der Waals surface area contributed by atoms with Gasteiger partial charge in [-0.15, -0.1) is 0 Å². The van der Waals surface area contributed by atoms with E-state index in [0.717, 1.165) is 37.7 Å². The van der Waals surface area contributed by atoms with E-state index in [0.29, 0.717) is 28.3 Å². The van der Waals surface area contributed by atoms with Gasteiger partial charge in [0.1, 0.15) is 17.3 Å². The monoisotopic (exact) mass is 418 g/mol. The third kappa shape index (κ3) is 4.26. The zero-order valence-corrected chi connectivity index (χ0v) is 17.7. The third-order valence-electron chi connectivity index (χ3n) is 5.54. The number of hydrogen-bond donors (Lipinski definition) is 1. The van der Waals surface area contributed by atoms with Gasteiger partial charge in [0.2, 0.25) is 0 Å². The summed E-state index contributed by atoms with van der Waals surface area (Å²) < 4.78 is 10.6. The quantitative estimate of drug-likeness (QED) is 0.486. The van der Waals surface area contributed by atoms with Gasteiger partial charge in [0.05, 0.1) is 31.2 Å². The predicted octanol–water partition coefficient (Wildman–Crippen LogP) is 3.24. The molecular formula is C24H26N4O3. The number of pyridine rings is 1. The lowest BCUT2D eigenvalue weighted by molar-refractivity contribution is 0.103. The Balaban J connectivity index is 1.49. The number of nitrogens with two attached hydrogens (primary N) is 1. The molecule has 1 aromatic heterocycles. The van der Waals surface area contributed by atoms with Crippen molar-refractivity contribution in [1.29, 1.82) is 0 Å². The van der Waals surface area contributed by atoms with E-state index in [-0.39, 0.29) is 5.78 Å². The largest absolute Gasteiger partial charge is 0.497 e. The fourth-order valence-corrected chi connectivity index (χ4v) is 3.84. The molecule has 160 valence electrons. The van der Waals surface area contributed by atoms with Crippen molar-refractivity contribution in [2.45, 2.75) is 0 Å². The Morgan fingerprint density at radius 3 is 2.35 bits per heavy atom. The topological polar surface area (TPSA) is 80.9 Å². The van der Waals surface area contributed by atoms with E-state index in [1.165, 1.54) is 7.11 Å². The van der Waals surface area contributed by atoms with E-state index in [9.17, 15) is 4.79 Å². The van der Waals surface area contributed by atoms with Crippen LogP contribution in [0, 0.1) is 0 Å². The Kier molecular flexibility index (Phi) is 5.93. The van der Waals surface area contributed by atoms with E-state index in [4.69, 9.17) is 15.2 Å². The molecule has 7 nitrogen and oxygen atoms in total. The number of carbonyl (C=O) groups excluding carboxylic acids is 1. The van der Waals surface area contributed by atoms with Crippen molar-refractivity contribution in [3.05, 3.63) is 71.9 Å². The van der Waals surface area contributed by atoms with Gasteiger partial charge in [-0.25, -0.2) is 4.98 Å². The third-order valence-corrected chi connectivity index (χ3v) is 5.54. The van der Waals surface area contributed by atoms with E-state index in [2.05, 4.69) is 14.8 Å². The molecule has 3 aromatic rings. The molecule has 1 aliphatic heterocycles. The Labute approximate surface area is 182 Å². The van der Waals surface area contributed by atoms with Crippen LogP contribution in [0.25, 0.3) is 0 Å². The van der Waals surface area contributed by atoms with Crippen LogP contribution in [-0.4, -0.2) is 51.2 Å². The van der Waals surface area contributed by atoms with Gasteiger partial charge in [0.15, 0.2) is 5.78 Å². The lowest BCUT2D eigenvalue weighted by atomic mass is 10.0. The number of aromatic nitrogens is 1. The first kappa shape index (κ1) is 20.5. The van der Waals surface area contributed by atoms with Crippen molar-refractivity contribution >= 4 is 23.0 Å². The number of anilines is 3. The molecule has 0 aliphatic carbocycles. The summed E-state index contributed by atoms with van der Waals surface area (Å²) >= 11 is 0. The second-order valence-electron chi connectivity index (χ2n) is 7.33. The number of benzene rings is 2. The maximum absolute atomic E-state index is 13.1. The minimum atomic E-state index is -0.141. The second kappa shape index (κ2) is 8.95. The summed E-state index contributed by atoms with van der Waals surface area (Å²) in [7, 11) is 3.11. The number of nitrogens with zero attached hydrogens (tertiary/aromatic N) is 3. The summed E-state index contributed by atoms with van der Waals surface area (Å²) in [6.45, 7) is 3.39.